The van der Waals surface area contributed by atoms with Crippen molar-refractivity contribution in [2.45, 2.75) is 46.1 Å². The maximum Gasteiger partial charge on any atom is 0.306 e. The summed E-state index contributed by atoms with van der Waals surface area (Å²) in [4.78, 5) is 20.6. The largest absolute Gasteiger partial charge is 0.481 e. The van der Waals surface area contributed by atoms with Crippen molar-refractivity contribution in [2.24, 2.45) is 5.92 Å². The minimum atomic E-state index is -0.771. The summed E-state index contributed by atoms with van der Waals surface area (Å²) in [5, 5.41) is 8.74. The topological polar surface area (TPSA) is 55.8 Å². The fourth-order valence-corrected chi connectivity index (χ4v) is 0.911. The minimum Gasteiger partial charge on any atom is -0.481 e. The van der Waals surface area contributed by atoms with E-state index in [-0.39, 0.29) is 11.5 Å². The van der Waals surface area contributed by atoms with Gasteiger partial charge in [-0.1, -0.05) is 6.92 Å². The molecule has 1 N–H and O–H groups in total. The van der Waals surface area contributed by atoms with Crippen molar-refractivity contribution < 1.29 is 19.7 Å². The van der Waals surface area contributed by atoms with Gasteiger partial charge in [-0.15, -0.1) is 0 Å². The van der Waals surface area contributed by atoms with Crippen LogP contribution in [-0.2, 0) is 14.6 Å². The molecule has 0 aromatic carbocycles. The van der Waals surface area contributed by atoms with Gasteiger partial charge in [0.15, 0.2) is 0 Å². The smallest absolute Gasteiger partial charge is 0.306 e. The molecular weight excluding hydrogens is 184 g/mol. The minimum absolute atomic E-state index is 0.322. The number of carboxylic acids is 1. The molecule has 0 saturated carbocycles. The van der Waals surface area contributed by atoms with Crippen molar-refractivity contribution in [3.63, 3.8) is 0 Å². The number of carboxylic acid groups (broad SMARTS) is 1. The van der Waals surface area contributed by atoms with Crippen molar-refractivity contribution in [1.82, 2.24) is 0 Å². The van der Waals surface area contributed by atoms with Crippen LogP contribution in [0.4, 0.5) is 0 Å². The zero-order valence-electron chi connectivity index (χ0n) is 9.37. The van der Waals surface area contributed by atoms with Crippen molar-refractivity contribution in [1.29, 1.82) is 0 Å². The maximum absolute atomic E-state index is 10.6. The molecule has 1 atom stereocenters. The number of hydrogen-bond acceptors (Lipinski definition) is 3. The highest BCUT2D eigenvalue weighted by atomic mass is 17.2. The molecule has 0 spiro atoms. The molecule has 14 heavy (non-hydrogen) atoms. The number of hydrogen-bond donors (Lipinski definition) is 1. The molecule has 84 valence electrons. The second-order valence-corrected chi connectivity index (χ2v) is 4.25. The fourth-order valence-electron chi connectivity index (χ4n) is 0.911. The number of aliphatic carboxylic acids is 1. The lowest BCUT2D eigenvalue weighted by molar-refractivity contribution is -0.349. The Kier molecular flexibility index (Phi) is 5.72. The van der Waals surface area contributed by atoms with Crippen molar-refractivity contribution in [3.05, 3.63) is 0 Å². The highest BCUT2D eigenvalue weighted by molar-refractivity contribution is 5.69. The zero-order chi connectivity index (χ0) is 11.2. The summed E-state index contributed by atoms with van der Waals surface area (Å²) in [5.74, 6) is -1.11. The van der Waals surface area contributed by atoms with Gasteiger partial charge in [-0.2, -0.15) is 0 Å². The van der Waals surface area contributed by atoms with Crippen LogP contribution in [-0.4, -0.2) is 23.3 Å². The van der Waals surface area contributed by atoms with Gasteiger partial charge in [0.05, 0.1) is 18.1 Å². The third-order valence-electron chi connectivity index (χ3n) is 1.70. The van der Waals surface area contributed by atoms with Crippen LogP contribution in [0, 0.1) is 5.92 Å². The molecule has 0 aromatic rings. The molecule has 4 nitrogen and oxygen atoms in total. The van der Waals surface area contributed by atoms with Gasteiger partial charge in [-0.25, -0.2) is 9.78 Å². The second-order valence-electron chi connectivity index (χ2n) is 4.25. The van der Waals surface area contributed by atoms with Crippen LogP contribution in [0.3, 0.4) is 0 Å². The summed E-state index contributed by atoms with van der Waals surface area (Å²) in [7, 11) is 0. The van der Waals surface area contributed by atoms with E-state index in [0.717, 1.165) is 0 Å². The van der Waals surface area contributed by atoms with Crippen LogP contribution in [0.1, 0.15) is 40.5 Å². The lowest BCUT2D eigenvalue weighted by Gasteiger charge is -2.18. The molecule has 0 fully saturated rings. The van der Waals surface area contributed by atoms with E-state index in [1.165, 1.54) is 0 Å². The van der Waals surface area contributed by atoms with Crippen molar-refractivity contribution in [2.75, 3.05) is 6.61 Å². The Hall–Kier alpha value is -0.610. The van der Waals surface area contributed by atoms with Gasteiger partial charge in [0.2, 0.25) is 0 Å². The lowest BCUT2D eigenvalue weighted by atomic mass is 10.0. The lowest BCUT2D eigenvalue weighted by Crippen LogP contribution is -2.21. The first-order chi connectivity index (χ1) is 6.37. The fraction of sp³-hybridized carbons (Fsp3) is 0.900. The van der Waals surface area contributed by atoms with Crippen LogP contribution >= 0.6 is 0 Å². The summed E-state index contributed by atoms with van der Waals surface area (Å²) in [6.45, 7) is 7.80. The Labute approximate surface area is 85.1 Å². The Balaban J connectivity index is 3.58. The Morgan fingerprint density at radius 2 is 2.00 bits per heavy atom. The molecule has 0 aliphatic carbocycles. The highest BCUT2D eigenvalue weighted by Gasteiger charge is 2.16. The molecule has 0 aliphatic rings. The predicted molar refractivity (Wildman–Crippen MR) is 52.8 cm³/mol. The molecule has 0 rings (SSSR count). The third-order valence-corrected chi connectivity index (χ3v) is 1.70. The molecule has 0 bridgehead atoms. The maximum atomic E-state index is 10.6. The second kappa shape index (κ2) is 5.98. The van der Waals surface area contributed by atoms with Gasteiger partial charge >= 0.3 is 5.97 Å². The normalized spacial score (nSPS) is 14.0. The summed E-state index contributed by atoms with van der Waals surface area (Å²) in [5.41, 5.74) is -0.342. The van der Waals surface area contributed by atoms with Crippen LogP contribution in [0.25, 0.3) is 0 Å². The first-order valence-corrected chi connectivity index (χ1v) is 4.90. The first-order valence-electron chi connectivity index (χ1n) is 4.90. The van der Waals surface area contributed by atoms with Gasteiger partial charge < -0.3 is 5.11 Å². The molecule has 0 saturated heterocycles. The van der Waals surface area contributed by atoms with Gasteiger partial charge in [0, 0.05) is 0 Å². The Morgan fingerprint density at radius 3 is 2.36 bits per heavy atom. The van der Waals surface area contributed by atoms with E-state index < -0.39 is 5.97 Å². The Morgan fingerprint density at radius 1 is 1.43 bits per heavy atom. The molecule has 0 aliphatic heterocycles. The van der Waals surface area contributed by atoms with E-state index >= 15 is 0 Å². The van der Waals surface area contributed by atoms with Gasteiger partial charge in [0.25, 0.3) is 0 Å². The highest BCUT2D eigenvalue weighted by Crippen LogP contribution is 2.11. The molecule has 0 aromatic heterocycles. The molecule has 0 radical (unpaired) electrons. The van der Waals surface area contributed by atoms with Crippen LogP contribution in [0.15, 0.2) is 0 Å². The number of rotatable bonds is 6. The van der Waals surface area contributed by atoms with Gasteiger partial charge in [-0.05, 0) is 33.6 Å². The van der Waals surface area contributed by atoms with Crippen LogP contribution < -0.4 is 0 Å². The summed E-state index contributed by atoms with van der Waals surface area (Å²) in [6.07, 6.45) is 1.11. The molecular formula is C10H20O4. The molecule has 0 heterocycles. The predicted octanol–water partition coefficient (Wildman–Crippen LogP) is 2.23. The van der Waals surface area contributed by atoms with Crippen LogP contribution in [0.5, 0.6) is 0 Å². The van der Waals surface area contributed by atoms with Crippen LogP contribution in [0.2, 0.25) is 0 Å². The Bertz CT molecular complexity index is 171. The average molecular weight is 204 g/mol. The monoisotopic (exact) mass is 204 g/mol. The van der Waals surface area contributed by atoms with Gasteiger partial charge in [0.1, 0.15) is 0 Å². The zero-order valence-corrected chi connectivity index (χ0v) is 9.37. The van der Waals surface area contributed by atoms with Gasteiger partial charge in [-0.3, -0.25) is 4.79 Å². The van der Waals surface area contributed by atoms with E-state index in [2.05, 4.69) is 0 Å². The third kappa shape index (κ3) is 6.86. The van der Waals surface area contributed by atoms with E-state index in [1.54, 1.807) is 0 Å². The molecule has 1 unspecified atom stereocenters. The molecule has 4 heteroatoms. The first kappa shape index (κ1) is 13.4. The van der Waals surface area contributed by atoms with E-state index in [0.29, 0.717) is 19.4 Å². The summed E-state index contributed by atoms with van der Waals surface area (Å²) < 4.78 is 0. The summed E-state index contributed by atoms with van der Waals surface area (Å²) in [6, 6.07) is 0. The van der Waals surface area contributed by atoms with E-state index in [4.69, 9.17) is 14.9 Å². The number of carbonyl (C=O) groups is 1. The quantitative estimate of drug-likeness (QED) is 0.409. The van der Waals surface area contributed by atoms with E-state index in [9.17, 15) is 4.79 Å². The SMILES string of the molecule is CCC(CCOOC(C)(C)C)C(=O)O. The van der Waals surface area contributed by atoms with E-state index in [1.807, 2.05) is 27.7 Å². The summed E-state index contributed by atoms with van der Waals surface area (Å²) >= 11 is 0. The van der Waals surface area contributed by atoms with Crippen molar-refractivity contribution >= 4 is 5.97 Å². The average Bonchev–Trinajstić information content (AvgIpc) is 2.01. The van der Waals surface area contributed by atoms with Crippen molar-refractivity contribution in [3.8, 4) is 0 Å². The standard InChI is InChI=1S/C10H20O4/c1-5-8(9(11)12)6-7-13-14-10(2,3)4/h8H,5-7H2,1-4H3,(H,11,12). The molecule has 0 amide bonds.